The van der Waals surface area contributed by atoms with Gasteiger partial charge in [-0.1, -0.05) is 19.7 Å². The van der Waals surface area contributed by atoms with Gasteiger partial charge < -0.3 is 23.7 Å². The van der Waals surface area contributed by atoms with Crippen molar-refractivity contribution >= 4 is 12.3 Å². The van der Waals surface area contributed by atoms with Crippen LogP contribution in [0.5, 0.6) is 17.2 Å². The topological polar surface area (TPSA) is 80.3 Å². The number of rotatable bonds is 18. The first-order valence-electron chi connectivity index (χ1n) is 14.2. The van der Waals surface area contributed by atoms with Gasteiger partial charge >= 0.3 is 5.97 Å². The first-order valence-corrected chi connectivity index (χ1v) is 14.2. The third-order valence-electron chi connectivity index (χ3n) is 6.41. The van der Waals surface area contributed by atoms with Gasteiger partial charge in [-0.15, -0.1) is 0 Å². The highest BCUT2D eigenvalue weighted by molar-refractivity contribution is 5.81. The van der Waals surface area contributed by atoms with E-state index < -0.39 is 0 Å². The van der Waals surface area contributed by atoms with E-state index in [0.717, 1.165) is 92.7 Å². The van der Waals surface area contributed by atoms with Gasteiger partial charge in [-0.25, -0.2) is 4.79 Å². The molecule has 1 fully saturated rings. The first-order chi connectivity index (χ1) is 19.9. The lowest BCUT2D eigenvalue weighted by atomic mass is 10.1. The molecule has 222 valence electrons. The van der Waals surface area contributed by atoms with E-state index in [4.69, 9.17) is 23.7 Å². The van der Waals surface area contributed by atoms with Gasteiger partial charge in [0.1, 0.15) is 35.4 Å². The van der Waals surface area contributed by atoms with Crippen molar-refractivity contribution in [3.63, 3.8) is 0 Å². The number of carbonyl (C=O) groups is 2. The zero-order chi connectivity index (χ0) is 29.7. The molecule has 41 heavy (non-hydrogen) atoms. The van der Waals surface area contributed by atoms with Gasteiger partial charge in [0.15, 0.2) is 0 Å². The summed E-state index contributed by atoms with van der Waals surface area (Å²) in [6, 6.07) is 14.7. The van der Waals surface area contributed by atoms with E-state index in [1.165, 1.54) is 6.08 Å². The maximum atomic E-state index is 10.8. The molecule has 0 amide bonds. The number of allylic oxidation sites excluding steroid dienone is 1. The normalized spacial score (nSPS) is 13.8. The van der Waals surface area contributed by atoms with E-state index in [2.05, 4.69) is 19.7 Å². The van der Waals surface area contributed by atoms with Crippen LogP contribution >= 0.6 is 0 Å². The maximum Gasteiger partial charge on any atom is 0.330 e. The minimum absolute atomic E-state index is 0.266. The summed E-state index contributed by atoms with van der Waals surface area (Å²) in [4.78, 5) is 21.3. The number of carbonyl (C=O) groups excluding carboxylic acids is 2. The summed E-state index contributed by atoms with van der Waals surface area (Å²) in [5.74, 6) is 2.89. The van der Waals surface area contributed by atoms with Gasteiger partial charge in [0, 0.05) is 18.1 Å². The molecule has 0 saturated carbocycles. The van der Waals surface area contributed by atoms with Gasteiger partial charge in [-0.3, -0.25) is 4.79 Å². The van der Waals surface area contributed by atoms with Crippen molar-refractivity contribution in [3.05, 3.63) is 91.2 Å². The molecule has 1 heterocycles. The summed E-state index contributed by atoms with van der Waals surface area (Å²) in [6.45, 7) is 12.9. The first kappa shape index (κ1) is 33.2. The number of ether oxygens (including phenoxy) is 5. The maximum absolute atomic E-state index is 10.8. The summed E-state index contributed by atoms with van der Waals surface area (Å²) in [7, 11) is 1.64. The second kappa shape index (κ2) is 20.0. The Morgan fingerprint density at radius 2 is 1.37 bits per heavy atom. The molecule has 1 atom stereocenters. The van der Waals surface area contributed by atoms with E-state index in [1.807, 2.05) is 36.4 Å². The number of methoxy groups -OCH3 is 1. The Morgan fingerprint density at radius 3 is 1.88 bits per heavy atom. The van der Waals surface area contributed by atoms with Crippen molar-refractivity contribution in [1.82, 2.24) is 0 Å². The van der Waals surface area contributed by atoms with Crippen LogP contribution in [0.25, 0.3) is 0 Å². The molecular formula is C34H44O7. The average molecular weight is 565 g/mol. The molecule has 0 bridgehead atoms. The van der Waals surface area contributed by atoms with Gasteiger partial charge in [0.25, 0.3) is 0 Å². The van der Waals surface area contributed by atoms with Crippen LogP contribution in [-0.2, 0) is 14.3 Å². The SMILES string of the molecule is C=C1CC(CCCCCOc2ccc(C=O)cc2)OC1=C.C=CC(=O)OCCCCCCOc1ccc(OC)cc1. The van der Waals surface area contributed by atoms with Crippen molar-refractivity contribution in [2.45, 2.75) is 63.9 Å². The Morgan fingerprint density at radius 1 is 0.829 bits per heavy atom. The summed E-state index contributed by atoms with van der Waals surface area (Å²) < 4.78 is 26.8. The summed E-state index contributed by atoms with van der Waals surface area (Å²) in [5.41, 5.74) is 1.70. The van der Waals surface area contributed by atoms with Gasteiger partial charge in [-0.05, 0) is 105 Å². The number of aldehydes is 1. The van der Waals surface area contributed by atoms with E-state index in [1.54, 1.807) is 19.2 Å². The van der Waals surface area contributed by atoms with Crippen LogP contribution in [0.1, 0.15) is 68.1 Å². The average Bonchev–Trinajstić information content (AvgIpc) is 3.33. The molecule has 1 aliphatic heterocycles. The molecule has 1 unspecified atom stereocenters. The Labute approximate surface area is 244 Å². The molecular weight excluding hydrogens is 520 g/mol. The highest BCUT2D eigenvalue weighted by Crippen LogP contribution is 2.29. The largest absolute Gasteiger partial charge is 0.497 e. The smallest absolute Gasteiger partial charge is 0.330 e. The molecule has 7 heteroatoms. The van der Waals surface area contributed by atoms with E-state index in [9.17, 15) is 9.59 Å². The number of benzene rings is 2. The lowest BCUT2D eigenvalue weighted by Crippen LogP contribution is -2.04. The Kier molecular flexibility index (Phi) is 16.2. The lowest BCUT2D eigenvalue weighted by Gasteiger charge is -2.10. The fourth-order valence-corrected chi connectivity index (χ4v) is 4.01. The summed E-state index contributed by atoms with van der Waals surface area (Å²) >= 11 is 0. The molecule has 2 aromatic rings. The molecule has 0 radical (unpaired) electrons. The van der Waals surface area contributed by atoms with E-state index in [-0.39, 0.29) is 12.1 Å². The van der Waals surface area contributed by atoms with Crippen LogP contribution in [0.3, 0.4) is 0 Å². The fourth-order valence-electron chi connectivity index (χ4n) is 4.01. The Balaban J connectivity index is 0.000000287. The Hall–Kier alpha value is -4.00. The third-order valence-corrected chi connectivity index (χ3v) is 6.41. The van der Waals surface area contributed by atoms with Crippen molar-refractivity contribution in [1.29, 1.82) is 0 Å². The second-order valence-electron chi connectivity index (χ2n) is 9.67. The standard InChI is InChI=1S/C18H22O3.C16H22O4/c1-14-12-18(21-15(14)2)6-4-3-5-11-20-17-9-7-16(13-19)8-10-17;1-3-16(17)20-13-7-5-4-6-12-19-15-10-8-14(18-2)9-11-15/h7-10,13,18H,1-6,11-12H2;3,8-11H,1,4-7,12-13H2,2H3. The molecule has 2 aromatic carbocycles. The summed E-state index contributed by atoms with van der Waals surface area (Å²) in [5, 5.41) is 0. The van der Waals surface area contributed by atoms with Crippen LogP contribution in [0.4, 0.5) is 0 Å². The quantitative estimate of drug-likeness (QED) is 0.0796. The van der Waals surface area contributed by atoms with Crippen LogP contribution < -0.4 is 14.2 Å². The Bertz CT molecular complexity index is 1060. The van der Waals surface area contributed by atoms with Crippen LogP contribution in [0.15, 0.2) is 85.7 Å². The van der Waals surface area contributed by atoms with Crippen LogP contribution in [-0.4, -0.2) is 45.3 Å². The van der Waals surface area contributed by atoms with Gasteiger partial charge in [0.05, 0.1) is 26.9 Å². The number of hydrogen-bond donors (Lipinski definition) is 0. The highest BCUT2D eigenvalue weighted by atomic mass is 16.5. The number of unbranched alkanes of at least 4 members (excludes halogenated alkanes) is 5. The van der Waals surface area contributed by atoms with E-state index in [0.29, 0.717) is 25.4 Å². The molecule has 0 aliphatic carbocycles. The molecule has 7 nitrogen and oxygen atoms in total. The highest BCUT2D eigenvalue weighted by Gasteiger charge is 2.21. The minimum Gasteiger partial charge on any atom is -0.497 e. The lowest BCUT2D eigenvalue weighted by molar-refractivity contribution is -0.137. The molecule has 1 saturated heterocycles. The fraction of sp³-hybridized carbons (Fsp3) is 0.412. The number of esters is 1. The zero-order valence-electron chi connectivity index (χ0n) is 24.3. The van der Waals surface area contributed by atoms with Crippen molar-refractivity contribution in [2.24, 2.45) is 0 Å². The third kappa shape index (κ3) is 14.3. The monoisotopic (exact) mass is 564 g/mol. The molecule has 0 spiro atoms. The van der Waals surface area contributed by atoms with Crippen molar-refractivity contribution in [3.8, 4) is 17.2 Å². The minimum atomic E-state index is -0.354. The predicted molar refractivity (Wildman–Crippen MR) is 162 cm³/mol. The predicted octanol–water partition coefficient (Wildman–Crippen LogP) is 7.66. The molecule has 1 aliphatic rings. The van der Waals surface area contributed by atoms with Crippen LogP contribution in [0.2, 0.25) is 0 Å². The molecule has 3 rings (SSSR count). The van der Waals surface area contributed by atoms with Gasteiger partial charge in [0.2, 0.25) is 0 Å². The second-order valence-corrected chi connectivity index (χ2v) is 9.67. The summed E-state index contributed by atoms with van der Waals surface area (Å²) in [6.07, 6.45) is 11.4. The van der Waals surface area contributed by atoms with Crippen molar-refractivity contribution in [2.75, 3.05) is 26.9 Å². The number of hydrogen-bond acceptors (Lipinski definition) is 7. The van der Waals surface area contributed by atoms with Crippen molar-refractivity contribution < 1.29 is 33.3 Å². The van der Waals surface area contributed by atoms with E-state index >= 15 is 0 Å². The van der Waals surface area contributed by atoms with Crippen LogP contribution in [0, 0.1) is 0 Å². The molecule has 0 N–H and O–H groups in total. The molecule has 0 aromatic heterocycles. The zero-order valence-corrected chi connectivity index (χ0v) is 24.3. The van der Waals surface area contributed by atoms with Gasteiger partial charge in [-0.2, -0.15) is 0 Å².